The highest BCUT2D eigenvalue weighted by Gasteiger charge is 1.91. The minimum Gasteiger partial charge on any atom is -0.599 e. The van der Waals surface area contributed by atoms with Gasteiger partial charge in [0.05, 0.1) is 0 Å². The van der Waals surface area contributed by atoms with Gasteiger partial charge in [0.25, 0.3) is 0 Å². The first-order chi connectivity index (χ1) is 5.33. The molecule has 0 fully saturated rings. The predicted octanol–water partition coefficient (Wildman–Crippen LogP) is -0.900. The van der Waals surface area contributed by atoms with Gasteiger partial charge in [-0.15, -0.1) is 0 Å². The van der Waals surface area contributed by atoms with Crippen LogP contribution in [0.15, 0.2) is 35.7 Å². The molecule has 0 aromatic carbocycles. The number of ether oxygens (including phenoxy) is 1. The topological polar surface area (TPSA) is 48.5 Å². The van der Waals surface area contributed by atoms with E-state index >= 15 is 0 Å². The van der Waals surface area contributed by atoms with E-state index in [0.29, 0.717) is 0 Å². The lowest BCUT2D eigenvalue weighted by molar-refractivity contribution is -0.682. The normalized spacial score (nSPS) is 11.2. The molecule has 4 heteroatoms. The summed E-state index contributed by atoms with van der Waals surface area (Å²) in [6.07, 6.45) is 2.69. The second kappa shape index (κ2) is 3.55. The molecule has 0 spiro atoms. The lowest BCUT2D eigenvalue weighted by Crippen LogP contribution is -2.33. The Morgan fingerprint density at radius 1 is 1.36 bits per heavy atom. The molecule has 0 N–H and O–H groups in total. The SMILES string of the molecule is CO/C([O-])=N\[n+]1ccccc1. The number of pyridine rings is 1. The molecule has 0 saturated carbocycles. The Balaban J connectivity index is 2.79. The molecule has 58 valence electrons. The average molecular weight is 152 g/mol. The van der Waals surface area contributed by atoms with Gasteiger partial charge in [-0.2, -0.15) is 0 Å². The van der Waals surface area contributed by atoms with E-state index in [1.165, 1.54) is 11.8 Å². The van der Waals surface area contributed by atoms with Crippen LogP contribution in [0.1, 0.15) is 0 Å². The molecule has 0 radical (unpaired) electrons. The minimum atomic E-state index is -0.610. The summed E-state index contributed by atoms with van der Waals surface area (Å²) in [7, 11) is 1.29. The zero-order valence-electron chi connectivity index (χ0n) is 6.10. The van der Waals surface area contributed by atoms with Gasteiger partial charge < -0.3 is 9.84 Å². The van der Waals surface area contributed by atoms with Gasteiger partial charge in [-0.25, -0.2) is 0 Å². The fourth-order valence-electron chi connectivity index (χ4n) is 0.591. The van der Waals surface area contributed by atoms with Crippen LogP contribution >= 0.6 is 0 Å². The zero-order valence-corrected chi connectivity index (χ0v) is 6.10. The first kappa shape index (κ1) is 7.53. The molecule has 0 unspecified atom stereocenters. The lowest BCUT2D eigenvalue weighted by Gasteiger charge is -2.00. The van der Waals surface area contributed by atoms with Crippen LogP contribution < -0.4 is 9.78 Å². The van der Waals surface area contributed by atoms with Gasteiger partial charge in [0, 0.05) is 17.2 Å². The van der Waals surface area contributed by atoms with Crippen molar-refractivity contribution in [2.24, 2.45) is 5.10 Å². The summed E-state index contributed by atoms with van der Waals surface area (Å²) in [5, 5.41) is 14.1. The van der Waals surface area contributed by atoms with Crippen LogP contribution in [-0.4, -0.2) is 13.2 Å². The third kappa shape index (κ3) is 2.25. The molecule has 0 atom stereocenters. The van der Waals surface area contributed by atoms with Crippen molar-refractivity contribution in [2.45, 2.75) is 0 Å². The number of rotatable bonds is 1. The summed E-state index contributed by atoms with van der Waals surface area (Å²) in [4.78, 5) is 0. The van der Waals surface area contributed by atoms with Crippen molar-refractivity contribution >= 4 is 6.08 Å². The summed E-state index contributed by atoms with van der Waals surface area (Å²) in [5.74, 6) is 0. The standard InChI is InChI=1S/C7H8N2O2/c1-11-7(10)8-9-5-3-2-4-6-9/h2-6H,1H3. The second-order valence-corrected chi connectivity index (χ2v) is 1.83. The van der Waals surface area contributed by atoms with E-state index in [9.17, 15) is 5.11 Å². The summed E-state index contributed by atoms with van der Waals surface area (Å²) in [5.41, 5.74) is 0. The highest BCUT2D eigenvalue weighted by atomic mass is 16.6. The van der Waals surface area contributed by atoms with Gasteiger partial charge in [-0.3, -0.25) is 0 Å². The van der Waals surface area contributed by atoms with E-state index in [4.69, 9.17) is 0 Å². The minimum absolute atomic E-state index is 0.610. The third-order valence-corrected chi connectivity index (χ3v) is 1.07. The largest absolute Gasteiger partial charge is 0.599 e. The molecule has 0 saturated heterocycles. The van der Waals surface area contributed by atoms with Crippen LogP contribution in [0.2, 0.25) is 0 Å². The lowest BCUT2D eigenvalue weighted by atomic mass is 10.5. The fraction of sp³-hybridized carbons (Fsp3) is 0.143. The molecule has 11 heavy (non-hydrogen) atoms. The van der Waals surface area contributed by atoms with Crippen molar-refractivity contribution in [1.29, 1.82) is 0 Å². The maximum atomic E-state index is 10.6. The van der Waals surface area contributed by atoms with Crippen molar-refractivity contribution in [2.75, 3.05) is 7.11 Å². The number of aromatic nitrogens is 1. The Morgan fingerprint density at radius 3 is 2.55 bits per heavy atom. The Kier molecular flexibility index (Phi) is 2.43. The smallest absolute Gasteiger partial charge is 0.222 e. The maximum Gasteiger partial charge on any atom is 0.222 e. The molecule has 1 rings (SSSR count). The summed E-state index contributed by atoms with van der Waals surface area (Å²) in [6.45, 7) is 0. The van der Waals surface area contributed by atoms with Crippen LogP contribution in [0.4, 0.5) is 0 Å². The molecule has 0 aliphatic carbocycles. The molecule has 0 aliphatic rings. The molecule has 1 heterocycles. The Morgan fingerprint density at radius 2 is 2.00 bits per heavy atom. The van der Waals surface area contributed by atoms with Gasteiger partial charge in [0.2, 0.25) is 18.5 Å². The summed E-state index contributed by atoms with van der Waals surface area (Å²) in [6, 6.07) is 5.38. The fourth-order valence-corrected chi connectivity index (χ4v) is 0.591. The van der Waals surface area contributed by atoms with Crippen molar-refractivity contribution in [3.63, 3.8) is 0 Å². The van der Waals surface area contributed by atoms with Crippen molar-refractivity contribution in [1.82, 2.24) is 0 Å². The van der Waals surface area contributed by atoms with Crippen molar-refractivity contribution in [3.05, 3.63) is 30.6 Å². The van der Waals surface area contributed by atoms with E-state index in [0.717, 1.165) is 0 Å². The van der Waals surface area contributed by atoms with Crippen molar-refractivity contribution in [3.8, 4) is 0 Å². The van der Waals surface area contributed by atoms with Gasteiger partial charge in [0.1, 0.15) is 0 Å². The second-order valence-electron chi connectivity index (χ2n) is 1.83. The molecule has 1 aromatic heterocycles. The molecule has 4 nitrogen and oxygen atoms in total. The monoisotopic (exact) mass is 152 g/mol. The van der Waals surface area contributed by atoms with E-state index in [1.807, 2.05) is 6.07 Å². The van der Waals surface area contributed by atoms with E-state index in [-0.39, 0.29) is 0 Å². The predicted molar refractivity (Wildman–Crippen MR) is 36.5 cm³/mol. The zero-order chi connectivity index (χ0) is 8.10. The molecule has 0 amide bonds. The third-order valence-electron chi connectivity index (χ3n) is 1.07. The van der Waals surface area contributed by atoms with Crippen LogP contribution in [0.25, 0.3) is 0 Å². The Bertz CT molecular complexity index is 246. The summed E-state index contributed by atoms with van der Waals surface area (Å²) >= 11 is 0. The van der Waals surface area contributed by atoms with Crippen LogP contribution in [0.5, 0.6) is 0 Å². The Hall–Kier alpha value is -1.58. The van der Waals surface area contributed by atoms with Gasteiger partial charge in [-0.05, 0) is 7.11 Å². The molecule has 1 aromatic rings. The van der Waals surface area contributed by atoms with Crippen LogP contribution in [0.3, 0.4) is 0 Å². The number of nitrogens with zero attached hydrogens (tertiary/aromatic N) is 2. The van der Waals surface area contributed by atoms with Gasteiger partial charge in [-0.1, -0.05) is 10.7 Å². The summed E-state index contributed by atoms with van der Waals surface area (Å²) < 4.78 is 5.71. The molecular weight excluding hydrogens is 144 g/mol. The number of hydrogen-bond donors (Lipinski definition) is 0. The molecule has 0 aliphatic heterocycles. The van der Waals surface area contributed by atoms with E-state index < -0.39 is 6.08 Å². The molecule has 0 bridgehead atoms. The first-order valence-corrected chi connectivity index (χ1v) is 3.09. The number of methoxy groups -OCH3 is 1. The highest BCUT2D eigenvalue weighted by Crippen LogP contribution is 1.76. The highest BCUT2D eigenvalue weighted by molar-refractivity contribution is 5.60. The average Bonchev–Trinajstić information content (AvgIpc) is 2.06. The van der Waals surface area contributed by atoms with Gasteiger partial charge in [0.15, 0.2) is 0 Å². The first-order valence-electron chi connectivity index (χ1n) is 3.09. The van der Waals surface area contributed by atoms with Gasteiger partial charge >= 0.3 is 0 Å². The number of hydrogen-bond acceptors (Lipinski definition) is 3. The quantitative estimate of drug-likeness (QED) is 0.297. The molecular formula is C7H8N2O2. The van der Waals surface area contributed by atoms with E-state index in [1.54, 1.807) is 24.5 Å². The van der Waals surface area contributed by atoms with Crippen LogP contribution in [-0.2, 0) is 4.74 Å². The Labute approximate surface area is 64.4 Å². The van der Waals surface area contributed by atoms with Crippen LogP contribution in [0, 0.1) is 0 Å². The maximum absolute atomic E-state index is 10.6. The van der Waals surface area contributed by atoms with E-state index in [2.05, 4.69) is 9.84 Å². The van der Waals surface area contributed by atoms with Crippen molar-refractivity contribution < 1.29 is 14.5 Å².